The Balaban J connectivity index is 1.96. The quantitative estimate of drug-likeness (QED) is 0.834. The van der Waals surface area contributed by atoms with E-state index in [0.717, 1.165) is 17.9 Å². The van der Waals surface area contributed by atoms with Gasteiger partial charge in [-0.3, -0.25) is 9.78 Å². The van der Waals surface area contributed by atoms with Crippen LogP contribution in [0.3, 0.4) is 0 Å². The molecule has 1 aromatic heterocycles. The number of nitrogens with one attached hydrogen (secondary N) is 2. The second kappa shape index (κ2) is 5.93. The molecule has 2 unspecified atom stereocenters. The van der Waals surface area contributed by atoms with Gasteiger partial charge in [-0.15, -0.1) is 0 Å². The van der Waals surface area contributed by atoms with E-state index in [1.807, 2.05) is 26.0 Å². The van der Waals surface area contributed by atoms with Gasteiger partial charge in [-0.1, -0.05) is 6.92 Å². The van der Waals surface area contributed by atoms with Gasteiger partial charge in [-0.05, 0) is 25.6 Å². The van der Waals surface area contributed by atoms with Crippen molar-refractivity contribution in [1.29, 1.82) is 0 Å². The predicted molar refractivity (Wildman–Crippen MR) is 69.4 cm³/mol. The number of carbonyl (C=O) groups is 1. The molecule has 1 aliphatic heterocycles. The first kappa shape index (κ1) is 13.0. The number of hydrogen-bond donors (Lipinski definition) is 2. The smallest absolute Gasteiger partial charge is 0.231 e. The summed E-state index contributed by atoms with van der Waals surface area (Å²) in [4.78, 5) is 16.3. The second-order valence-electron chi connectivity index (χ2n) is 4.49. The van der Waals surface area contributed by atoms with Crippen molar-refractivity contribution >= 4 is 11.6 Å². The summed E-state index contributed by atoms with van der Waals surface area (Å²) < 4.78 is 5.36. The van der Waals surface area contributed by atoms with E-state index in [1.54, 1.807) is 6.20 Å². The molecule has 0 aromatic carbocycles. The summed E-state index contributed by atoms with van der Waals surface area (Å²) in [6, 6.07) is 3.84. The zero-order valence-electron chi connectivity index (χ0n) is 10.8. The first-order valence-corrected chi connectivity index (χ1v) is 6.25. The number of anilines is 1. The Morgan fingerprint density at radius 1 is 1.50 bits per heavy atom. The maximum absolute atomic E-state index is 12.1. The van der Waals surface area contributed by atoms with Crippen LogP contribution in [0.1, 0.15) is 12.6 Å². The standard InChI is InChI=1S/C13H19N3O2/c1-3-14-12-8-18-7-11(12)13(17)16-10-5-4-9(2)15-6-10/h4-6,11-12,14H,3,7-8H2,1-2H3,(H,16,17). The fraction of sp³-hybridized carbons (Fsp3) is 0.538. The summed E-state index contributed by atoms with van der Waals surface area (Å²) in [7, 11) is 0. The Hall–Kier alpha value is -1.46. The zero-order chi connectivity index (χ0) is 13.0. The van der Waals surface area contributed by atoms with Gasteiger partial charge in [0, 0.05) is 11.7 Å². The van der Waals surface area contributed by atoms with Crippen LogP contribution in [0, 0.1) is 12.8 Å². The lowest BCUT2D eigenvalue weighted by Crippen LogP contribution is -2.41. The monoisotopic (exact) mass is 249 g/mol. The lowest BCUT2D eigenvalue weighted by molar-refractivity contribution is -0.120. The van der Waals surface area contributed by atoms with Gasteiger partial charge in [0.1, 0.15) is 0 Å². The van der Waals surface area contributed by atoms with Crippen LogP contribution >= 0.6 is 0 Å². The van der Waals surface area contributed by atoms with Crippen LogP contribution in [0.4, 0.5) is 5.69 Å². The Kier molecular flexibility index (Phi) is 4.28. The number of carbonyl (C=O) groups excluding carboxylic acids is 1. The van der Waals surface area contributed by atoms with Crippen molar-refractivity contribution in [2.24, 2.45) is 5.92 Å². The summed E-state index contributed by atoms with van der Waals surface area (Å²) in [5.41, 5.74) is 1.66. The number of hydrogen-bond acceptors (Lipinski definition) is 4. The number of ether oxygens (including phenoxy) is 1. The van der Waals surface area contributed by atoms with Gasteiger partial charge in [0.25, 0.3) is 0 Å². The summed E-state index contributed by atoms with van der Waals surface area (Å²) in [6.45, 7) is 5.85. The molecule has 2 atom stereocenters. The Morgan fingerprint density at radius 2 is 2.33 bits per heavy atom. The first-order valence-electron chi connectivity index (χ1n) is 6.25. The lowest BCUT2D eigenvalue weighted by Gasteiger charge is -2.17. The first-order chi connectivity index (χ1) is 8.70. The molecule has 0 bridgehead atoms. The maximum atomic E-state index is 12.1. The molecule has 18 heavy (non-hydrogen) atoms. The summed E-state index contributed by atoms with van der Waals surface area (Å²) in [6.07, 6.45) is 1.67. The van der Waals surface area contributed by atoms with Crippen molar-refractivity contribution in [3.8, 4) is 0 Å². The molecule has 0 spiro atoms. The van der Waals surface area contributed by atoms with E-state index in [4.69, 9.17) is 4.74 Å². The summed E-state index contributed by atoms with van der Waals surface area (Å²) in [5.74, 6) is -0.143. The number of amides is 1. The van der Waals surface area contributed by atoms with Crippen LogP contribution in [0.25, 0.3) is 0 Å². The van der Waals surface area contributed by atoms with Gasteiger partial charge < -0.3 is 15.4 Å². The van der Waals surface area contributed by atoms with Crippen molar-refractivity contribution in [3.05, 3.63) is 24.0 Å². The molecule has 98 valence electrons. The Bertz CT molecular complexity index is 405. The molecule has 5 nitrogen and oxygen atoms in total. The summed E-state index contributed by atoms with van der Waals surface area (Å²) in [5, 5.41) is 6.15. The molecule has 2 rings (SSSR count). The molecular formula is C13H19N3O2. The number of nitrogens with zero attached hydrogens (tertiary/aromatic N) is 1. The average molecular weight is 249 g/mol. The molecule has 1 saturated heterocycles. The normalized spacial score (nSPS) is 23.0. The van der Waals surface area contributed by atoms with Crippen LogP contribution in [-0.4, -0.2) is 36.7 Å². The summed E-state index contributed by atoms with van der Waals surface area (Å²) >= 11 is 0. The molecule has 2 N–H and O–H groups in total. The fourth-order valence-corrected chi connectivity index (χ4v) is 2.05. The molecular weight excluding hydrogens is 230 g/mol. The van der Waals surface area contributed by atoms with E-state index in [9.17, 15) is 4.79 Å². The largest absolute Gasteiger partial charge is 0.379 e. The third-order valence-corrected chi connectivity index (χ3v) is 3.06. The van der Waals surface area contributed by atoms with Crippen LogP contribution in [0.15, 0.2) is 18.3 Å². The van der Waals surface area contributed by atoms with Crippen molar-refractivity contribution in [1.82, 2.24) is 10.3 Å². The highest BCUT2D eigenvalue weighted by Gasteiger charge is 2.33. The molecule has 5 heteroatoms. The number of likely N-dealkylation sites (N-methyl/N-ethyl adjacent to an activating group) is 1. The second-order valence-corrected chi connectivity index (χ2v) is 4.49. The van der Waals surface area contributed by atoms with E-state index in [-0.39, 0.29) is 17.9 Å². The average Bonchev–Trinajstić information content (AvgIpc) is 2.81. The van der Waals surface area contributed by atoms with Gasteiger partial charge in [0.05, 0.1) is 31.0 Å². The van der Waals surface area contributed by atoms with Crippen molar-refractivity contribution < 1.29 is 9.53 Å². The third kappa shape index (κ3) is 3.05. The van der Waals surface area contributed by atoms with Crippen LogP contribution in [-0.2, 0) is 9.53 Å². The number of aromatic nitrogens is 1. The topological polar surface area (TPSA) is 63.2 Å². The molecule has 0 radical (unpaired) electrons. The minimum absolute atomic E-state index is 0.0101. The van der Waals surface area contributed by atoms with E-state index in [0.29, 0.717) is 13.2 Å². The molecule has 0 aliphatic carbocycles. The Morgan fingerprint density at radius 3 is 3.00 bits per heavy atom. The van der Waals surface area contributed by atoms with E-state index in [2.05, 4.69) is 15.6 Å². The lowest BCUT2D eigenvalue weighted by atomic mass is 10.0. The van der Waals surface area contributed by atoms with Crippen LogP contribution in [0.5, 0.6) is 0 Å². The molecule has 1 amide bonds. The van der Waals surface area contributed by atoms with Gasteiger partial charge in [0.2, 0.25) is 5.91 Å². The zero-order valence-corrected chi connectivity index (χ0v) is 10.8. The van der Waals surface area contributed by atoms with E-state index >= 15 is 0 Å². The predicted octanol–water partition coefficient (Wildman–Crippen LogP) is 0.953. The van der Waals surface area contributed by atoms with Gasteiger partial charge >= 0.3 is 0 Å². The number of aryl methyl sites for hydroxylation is 1. The van der Waals surface area contributed by atoms with Gasteiger partial charge in [0.15, 0.2) is 0 Å². The van der Waals surface area contributed by atoms with Crippen molar-refractivity contribution in [2.75, 3.05) is 25.1 Å². The van der Waals surface area contributed by atoms with E-state index < -0.39 is 0 Å². The molecule has 0 saturated carbocycles. The number of rotatable bonds is 4. The van der Waals surface area contributed by atoms with Gasteiger partial charge in [-0.25, -0.2) is 0 Å². The molecule has 1 aliphatic rings. The SMILES string of the molecule is CCNC1COCC1C(=O)Nc1ccc(C)nc1. The van der Waals surface area contributed by atoms with E-state index in [1.165, 1.54) is 0 Å². The molecule has 1 aromatic rings. The van der Waals surface area contributed by atoms with Crippen molar-refractivity contribution in [2.45, 2.75) is 19.9 Å². The van der Waals surface area contributed by atoms with Crippen LogP contribution in [0.2, 0.25) is 0 Å². The molecule has 2 heterocycles. The van der Waals surface area contributed by atoms with Crippen molar-refractivity contribution in [3.63, 3.8) is 0 Å². The third-order valence-electron chi connectivity index (χ3n) is 3.06. The Labute approximate surface area is 107 Å². The minimum atomic E-state index is -0.133. The molecule has 1 fully saturated rings. The maximum Gasteiger partial charge on any atom is 0.231 e. The number of pyridine rings is 1. The van der Waals surface area contributed by atoms with Crippen LogP contribution < -0.4 is 10.6 Å². The fourth-order valence-electron chi connectivity index (χ4n) is 2.05. The highest BCUT2D eigenvalue weighted by molar-refractivity contribution is 5.93. The van der Waals surface area contributed by atoms with Gasteiger partial charge in [-0.2, -0.15) is 0 Å². The highest BCUT2D eigenvalue weighted by atomic mass is 16.5. The highest BCUT2D eigenvalue weighted by Crippen LogP contribution is 2.16. The minimum Gasteiger partial charge on any atom is -0.379 e.